The Kier molecular flexibility index (Phi) is 4.94. The second-order valence-corrected chi connectivity index (χ2v) is 7.55. The summed E-state index contributed by atoms with van der Waals surface area (Å²) in [4.78, 5) is 24.5. The van der Waals surface area contributed by atoms with Crippen LogP contribution in [0.3, 0.4) is 0 Å². The van der Waals surface area contributed by atoms with Crippen molar-refractivity contribution in [3.05, 3.63) is 81.4 Å². The summed E-state index contributed by atoms with van der Waals surface area (Å²) < 4.78 is 33.6. The topological polar surface area (TPSA) is 67.5 Å². The second kappa shape index (κ2) is 7.42. The Morgan fingerprint density at radius 2 is 1.86 bits per heavy atom. The molecule has 0 aliphatic rings. The first-order chi connectivity index (χ1) is 13.8. The lowest BCUT2D eigenvalue weighted by Crippen LogP contribution is -2.07. The third-order valence-corrected chi connectivity index (χ3v) is 5.74. The fourth-order valence-corrected chi connectivity index (χ4v) is 4.26. The normalized spacial score (nSPS) is 11.1. The molecule has 2 heterocycles. The number of carboxylic acid groups (broad SMARTS) is 1. The Morgan fingerprint density at radius 3 is 2.59 bits per heavy atom. The Bertz CT molecular complexity index is 1240. The van der Waals surface area contributed by atoms with Crippen LogP contribution in [0.4, 0.5) is 8.78 Å². The Labute approximate surface area is 172 Å². The highest BCUT2D eigenvalue weighted by Gasteiger charge is 2.25. The number of Topliss-reactive ketones (excluding diaryl/α,β-unsaturated/α-hetero) is 1. The molecule has 0 fully saturated rings. The molecular weight excluding hydrogens is 422 g/mol. The molecule has 146 valence electrons. The number of para-hydroxylation sites is 1. The van der Waals surface area contributed by atoms with E-state index in [1.54, 1.807) is 30.3 Å². The maximum absolute atomic E-state index is 14.3. The molecule has 2 aromatic carbocycles. The maximum Gasteiger partial charge on any atom is 0.337 e. The summed E-state index contributed by atoms with van der Waals surface area (Å²) in [7, 11) is 0. The molecule has 0 spiro atoms. The van der Waals surface area contributed by atoms with E-state index in [4.69, 9.17) is 16.0 Å². The maximum atomic E-state index is 14.3. The van der Waals surface area contributed by atoms with E-state index in [1.807, 2.05) is 0 Å². The van der Waals surface area contributed by atoms with Crippen molar-refractivity contribution < 1.29 is 27.9 Å². The number of halogens is 3. The highest BCUT2D eigenvalue weighted by Crippen LogP contribution is 2.37. The summed E-state index contributed by atoms with van der Waals surface area (Å²) in [6.45, 7) is 0. The minimum Gasteiger partial charge on any atom is -0.478 e. The molecule has 0 amide bonds. The largest absolute Gasteiger partial charge is 0.478 e. The molecule has 4 rings (SSSR count). The number of furan rings is 1. The number of carbonyl (C=O) groups is 2. The van der Waals surface area contributed by atoms with Crippen LogP contribution in [-0.4, -0.2) is 16.9 Å². The van der Waals surface area contributed by atoms with Crippen LogP contribution in [0.25, 0.3) is 21.4 Å². The Hall–Kier alpha value is -3.03. The van der Waals surface area contributed by atoms with E-state index in [0.29, 0.717) is 5.58 Å². The van der Waals surface area contributed by atoms with Crippen LogP contribution in [0.15, 0.2) is 52.3 Å². The number of aromatic carboxylic acids is 1. The molecule has 4 aromatic rings. The van der Waals surface area contributed by atoms with Crippen LogP contribution in [-0.2, 0) is 6.42 Å². The predicted molar refractivity (Wildman–Crippen MR) is 106 cm³/mol. The first-order valence-corrected chi connectivity index (χ1v) is 9.61. The molecular formula is C21H11ClF2O4S. The van der Waals surface area contributed by atoms with Crippen molar-refractivity contribution in [2.45, 2.75) is 6.42 Å². The lowest BCUT2D eigenvalue weighted by atomic mass is 10.0. The molecule has 0 saturated carbocycles. The number of thiophene rings is 1. The number of hydrogen-bond donors (Lipinski definition) is 1. The zero-order chi connectivity index (χ0) is 20.7. The third-order valence-electron chi connectivity index (χ3n) is 4.39. The molecule has 4 nitrogen and oxygen atoms in total. The molecule has 29 heavy (non-hydrogen) atoms. The van der Waals surface area contributed by atoms with Crippen molar-refractivity contribution in [2.75, 3.05) is 0 Å². The van der Waals surface area contributed by atoms with Crippen molar-refractivity contribution in [3.8, 4) is 10.4 Å². The minimum atomic E-state index is -1.34. The fourth-order valence-electron chi connectivity index (χ4n) is 3.03. The molecule has 0 saturated heterocycles. The van der Waals surface area contributed by atoms with Crippen LogP contribution in [0.5, 0.6) is 0 Å². The molecule has 2 aromatic heterocycles. The summed E-state index contributed by atoms with van der Waals surface area (Å²) in [5.41, 5.74) is 0.258. The first kappa shape index (κ1) is 19.3. The van der Waals surface area contributed by atoms with Gasteiger partial charge in [0.25, 0.3) is 0 Å². The van der Waals surface area contributed by atoms with Gasteiger partial charge in [-0.2, -0.15) is 0 Å². The van der Waals surface area contributed by atoms with Gasteiger partial charge < -0.3 is 9.52 Å². The summed E-state index contributed by atoms with van der Waals surface area (Å²) in [6.07, 6.45) is -0.254. The summed E-state index contributed by atoms with van der Waals surface area (Å²) in [5.74, 6) is -3.39. The Morgan fingerprint density at radius 1 is 1.10 bits per heavy atom. The molecule has 0 aliphatic carbocycles. The van der Waals surface area contributed by atoms with Gasteiger partial charge >= 0.3 is 5.97 Å². The first-order valence-electron chi connectivity index (χ1n) is 8.35. The van der Waals surface area contributed by atoms with E-state index < -0.39 is 28.4 Å². The van der Waals surface area contributed by atoms with Crippen LogP contribution in [0, 0.1) is 11.6 Å². The molecule has 0 atom stereocenters. The molecule has 0 bridgehead atoms. The average molecular weight is 433 g/mol. The van der Waals surface area contributed by atoms with Gasteiger partial charge in [0, 0.05) is 17.4 Å². The minimum absolute atomic E-state index is 0.0120. The van der Waals surface area contributed by atoms with Gasteiger partial charge in [-0.05, 0) is 35.2 Å². The van der Waals surface area contributed by atoms with Gasteiger partial charge in [0.2, 0.25) is 5.78 Å². The van der Waals surface area contributed by atoms with Crippen LogP contribution >= 0.6 is 22.9 Å². The van der Waals surface area contributed by atoms with Gasteiger partial charge in [-0.3, -0.25) is 4.79 Å². The second-order valence-electron chi connectivity index (χ2n) is 6.26. The fraction of sp³-hybridized carbons (Fsp3) is 0.0476. The number of benzene rings is 2. The highest BCUT2D eigenvalue weighted by molar-refractivity contribution is 7.14. The predicted octanol–water partition coefficient (Wildman–Crippen LogP) is 6.22. The van der Waals surface area contributed by atoms with E-state index in [1.165, 1.54) is 5.38 Å². The average Bonchev–Trinajstić information content (AvgIpc) is 3.28. The monoisotopic (exact) mass is 432 g/mol. The van der Waals surface area contributed by atoms with Gasteiger partial charge in [-0.25, -0.2) is 13.6 Å². The van der Waals surface area contributed by atoms with Crippen LogP contribution in [0.1, 0.15) is 26.5 Å². The van der Waals surface area contributed by atoms with Crippen molar-refractivity contribution in [2.24, 2.45) is 0 Å². The smallest absolute Gasteiger partial charge is 0.337 e. The van der Waals surface area contributed by atoms with Gasteiger partial charge in [-0.1, -0.05) is 29.8 Å². The van der Waals surface area contributed by atoms with E-state index in [0.717, 1.165) is 28.9 Å². The van der Waals surface area contributed by atoms with Gasteiger partial charge in [0.05, 0.1) is 15.5 Å². The number of rotatable bonds is 5. The number of carbonyl (C=O) groups excluding carboxylic acids is 1. The zero-order valence-electron chi connectivity index (χ0n) is 14.5. The quantitative estimate of drug-likeness (QED) is 0.300. The standard InChI is InChI=1S/C21H11ClF2O4S/c22-13-8-14(23)12(7-15(13)24)20-19(21(26)27)11(9-29-20)5-16(25)18-6-10-3-1-2-4-17(10)28-18/h1-4,6-9H,5H2,(H,26,27). The molecule has 8 heteroatoms. The lowest BCUT2D eigenvalue weighted by Gasteiger charge is -2.06. The number of carboxylic acids is 1. The summed E-state index contributed by atoms with van der Waals surface area (Å²) in [5, 5.41) is 11.4. The van der Waals surface area contributed by atoms with Crippen molar-refractivity contribution >= 4 is 45.7 Å². The zero-order valence-corrected chi connectivity index (χ0v) is 16.1. The SMILES string of the molecule is O=C(Cc1csc(-c2cc(F)c(Cl)cc2F)c1C(=O)O)c1cc2ccccc2o1. The van der Waals surface area contributed by atoms with Crippen molar-refractivity contribution in [3.63, 3.8) is 0 Å². The molecule has 0 aliphatic heterocycles. The molecule has 0 radical (unpaired) electrons. The van der Waals surface area contributed by atoms with Gasteiger partial charge in [-0.15, -0.1) is 11.3 Å². The summed E-state index contributed by atoms with van der Waals surface area (Å²) >= 11 is 6.48. The van der Waals surface area contributed by atoms with E-state index in [2.05, 4.69) is 0 Å². The summed E-state index contributed by atoms with van der Waals surface area (Å²) in [6, 6.07) is 10.3. The van der Waals surface area contributed by atoms with E-state index in [9.17, 15) is 23.5 Å². The van der Waals surface area contributed by atoms with Crippen molar-refractivity contribution in [1.82, 2.24) is 0 Å². The van der Waals surface area contributed by atoms with Crippen LogP contribution in [0.2, 0.25) is 5.02 Å². The van der Waals surface area contributed by atoms with Crippen molar-refractivity contribution in [1.29, 1.82) is 0 Å². The van der Waals surface area contributed by atoms with E-state index in [-0.39, 0.29) is 33.7 Å². The number of fused-ring (bicyclic) bond motifs is 1. The highest BCUT2D eigenvalue weighted by atomic mass is 35.5. The Balaban J connectivity index is 1.73. The number of hydrogen-bond acceptors (Lipinski definition) is 4. The third kappa shape index (κ3) is 3.54. The molecule has 0 unspecified atom stereocenters. The van der Waals surface area contributed by atoms with Gasteiger partial charge in [0.15, 0.2) is 5.76 Å². The van der Waals surface area contributed by atoms with Gasteiger partial charge in [0.1, 0.15) is 17.2 Å². The molecule has 1 N–H and O–H groups in total. The van der Waals surface area contributed by atoms with Crippen LogP contribution < -0.4 is 0 Å². The number of ketones is 1. The lowest BCUT2D eigenvalue weighted by molar-refractivity contribution is 0.0697. The van der Waals surface area contributed by atoms with E-state index >= 15 is 0 Å².